The Balaban J connectivity index is 2.10. The van der Waals surface area contributed by atoms with E-state index in [1.807, 2.05) is 12.1 Å². The molecule has 2 unspecified atom stereocenters. The van der Waals surface area contributed by atoms with E-state index in [2.05, 4.69) is 5.43 Å². The zero-order valence-corrected chi connectivity index (χ0v) is 11.2. The molecule has 0 aromatic rings. The summed E-state index contributed by atoms with van der Waals surface area (Å²) in [7, 11) is 7.76. The van der Waals surface area contributed by atoms with Crippen molar-refractivity contribution in [2.75, 3.05) is 13.6 Å². The van der Waals surface area contributed by atoms with E-state index < -0.39 is 0 Å². The molecule has 0 aromatic heterocycles. The number of nitrogens with one attached hydrogen (secondary N) is 1. The molecule has 1 heterocycles. The largest absolute Gasteiger partial charge is 0.300 e. The van der Waals surface area contributed by atoms with Gasteiger partial charge in [-0.2, -0.15) is 0 Å². The summed E-state index contributed by atoms with van der Waals surface area (Å²) < 4.78 is 0. The van der Waals surface area contributed by atoms with E-state index >= 15 is 0 Å². The van der Waals surface area contributed by atoms with Gasteiger partial charge in [-0.3, -0.25) is 15.0 Å². The molecule has 5 heteroatoms. The molecule has 0 bridgehead atoms. The van der Waals surface area contributed by atoms with Crippen LogP contribution in [0.1, 0.15) is 32.6 Å². The van der Waals surface area contributed by atoms with Crippen LogP contribution in [0.4, 0.5) is 0 Å². The van der Waals surface area contributed by atoms with Crippen LogP contribution in [0.5, 0.6) is 0 Å². The van der Waals surface area contributed by atoms with Gasteiger partial charge in [0.05, 0.1) is 13.9 Å². The van der Waals surface area contributed by atoms with Crippen molar-refractivity contribution in [2.24, 2.45) is 11.8 Å². The molecule has 98 valence electrons. The molecule has 4 nitrogen and oxygen atoms in total. The van der Waals surface area contributed by atoms with Crippen LogP contribution in [-0.4, -0.2) is 44.1 Å². The summed E-state index contributed by atoms with van der Waals surface area (Å²) in [5, 5.41) is 1.99. The first-order chi connectivity index (χ1) is 8.54. The van der Waals surface area contributed by atoms with Gasteiger partial charge in [0.1, 0.15) is 5.78 Å². The Hall–Kier alpha value is -0.675. The van der Waals surface area contributed by atoms with Gasteiger partial charge in [-0.05, 0) is 39.7 Å². The molecule has 1 saturated heterocycles. The fraction of sp³-hybridized carbons (Fsp3) is 0.846. The van der Waals surface area contributed by atoms with E-state index in [9.17, 15) is 9.59 Å². The van der Waals surface area contributed by atoms with Crippen LogP contribution < -0.4 is 5.43 Å². The fourth-order valence-electron chi connectivity index (χ4n) is 3.42. The molecule has 0 amide bonds. The molecule has 4 atom stereocenters. The average molecular weight is 248 g/mol. The summed E-state index contributed by atoms with van der Waals surface area (Å²) in [5.74, 6) is -0.0224. The first kappa shape index (κ1) is 13.7. The Labute approximate surface area is 110 Å². The quantitative estimate of drug-likeness (QED) is 0.745. The Morgan fingerprint density at radius 3 is 2.56 bits per heavy atom. The molecule has 1 aliphatic carbocycles. The van der Waals surface area contributed by atoms with E-state index in [0.29, 0.717) is 12.8 Å². The number of hydrogen-bond acceptors (Lipinski definition) is 4. The number of hydrogen-bond donors (Lipinski definition) is 1. The molecular formula is C13H21BN2O2. The van der Waals surface area contributed by atoms with Crippen molar-refractivity contribution in [3.8, 4) is 0 Å². The molecule has 1 saturated carbocycles. The molecule has 2 fully saturated rings. The SMILES string of the molecule is [B][C@@H]1CC(C(C)=O)C(C(=O)[C@H]2CCCN2NC)C1. The lowest BCUT2D eigenvalue weighted by Crippen LogP contribution is -2.46. The third kappa shape index (κ3) is 2.52. The van der Waals surface area contributed by atoms with Crippen LogP contribution in [0.3, 0.4) is 0 Å². The van der Waals surface area contributed by atoms with Crippen LogP contribution in [0.15, 0.2) is 0 Å². The second-order valence-electron chi connectivity index (χ2n) is 5.53. The van der Waals surface area contributed by atoms with E-state index in [-0.39, 0.29) is 35.3 Å². The summed E-state index contributed by atoms with van der Waals surface area (Å²) in [4.78, 5) is 24.2. The van der Waals surface area contributed by atoms with Crippen LogP contribution in [0, 0.1) is 11.8 Å². The van der Waals surface area contributed by atoms with Crippen molar-refractivity contribution in [2.45, 2.75) is 44.5 Å². The van der Waals surface area contributed by atoms with Crippen LogP contribution in [0.25, 0.3) is 0 Å². The highest BCUT2D eigenvalue weighted by atomic mass is 16.1. The molecular weight excluding hydrogens is 227 g/mol. The lowest BCUT2D eigenvalue weighted by Gasteiger charge is -2.26. The second-order valence-corrected chi connectivity index (χ2v) is 5.53. The van der Waals surface area contributed by atoms with Gasteiger partial charge in [-0.25, -0.2) is 5.01 Å². The minimum atomic E-state index is -0.170. The Morgan fingerprint density at radius 2 is 1.94 bits per heavy atom. The zero-order valence-electron chi connectivity index (χ0n) is 11.2. The number of Topliss-reactive ketones (excluding diaryl/α,β-unsaturated/α-hetero) is 2. The standard InChI is InChI=1S/C13H21BN2O2/c1-8(17)10-6-9(14)7-11(10)13(18)12-4-3-5-16(12)15-2/h9-12,15H,3-7H2,1-2H3/t9-,10?,11?,12-/m1/s1. The third-order valence-electron chi connectivity index (χ3n) is 4.36. The van der Waals surface area contributed by atoms with Crippen molar-refractivity contribution in [1.29, 1.82) is 0 Å². The predicted molar refractivity (Wildman–Crippen MR) is 70.2 cm³/mol. The molecule has 2 radical (unpaired) electrons. The highest BCUT2D eigenvalue weighted by molar-refractivity contribution is 6.12. The maximum Gasteiger partial charge on any atom is 0.155 e. The average Bonchev–Trinajstić information content (AvgIpc) is 2.93. The lowest BCUT2D eigenvalue weighted by molar-refractivity contribution is -0.133. The predicted octanol–water partition coefficient (Wildman–Crippen LogP) is 0.726. The molecule has 2 rings (SSSR count). The maximum atomic E-state index is 12.6. The van der Waals surface area contributed by atoms with Gasteiger partial charge in [0, 0.05) is 18.4 Å². The molecule has 1 aliphatic heterocycles. The van der Waals surface area contributed by atoms with Gasteiger partial charge in [-0.1, -0.05) is 5.82 Å². The highest BCUT2D eigenvalue weighted by Gasteiger charge is 2.43. The van der Waals surface area contributed by atoms with Crippen LogP contribution >= 0.6 is 0 Å². The summed E-state index contributed by atoms with van der Waals surface area (Å²) >= 11 is 0. The van der Waals surface area contributed by atoms with Crippen molar-refractivity contribution < 1.29 is 9.59 Å². The Morgan fingerprint density at radius 1 is 1.28 bits per heavy atom. The molecule has 2 aliphatic rings. The summed E-state index contributed by atoms with van der Waals surface area (Å²) in [5.41, 5.74) is 3.07. The van der Waals surface area contributed by atoms with Gasteiger partial charge in [0.15, 0.2) is 5.78 Å². The van der Waals surface area contributed by atoms with Gasteiger partial charge in [0.25, 0.3) is 0 Å². The van der Waals surface area contributed by atoms with E-state index in [4.69, 9.17) is 7.85 Å². The Bertz CT molecular complexity index is 348. The number of ketones is 2. The first-order valence-electron chi connectivity index (χ1n) is 6.78. The topological polar surface area (TPSA) is 49.4 Å². The second kappa shape index (κ2) is 5.53. The van der Waals surface area contributed by atoms with Crippen LogP contribution in [0.2, 0.25) is 5.82 Å². The number of carbonyl (C=O) groups excluding carboxylic acids is 2. The number of hydrazine groups is 1. The van der Waals surface area contributed by atoms with Crippen molar-refractivity contribution >= 4 is 19.4 Å². The zero-order chi connectivity index (χ0) is 13.3. The van der Waals surface area contributed by atoms with E-state index in [0.717, 1.165) is 19.4 Å². The van der Waals surface area contributed by atoms with Crippen molar-refractivity contribution in [3.05, 3.63) is 0 Å². The third-order valence-corrected chi connectivity index (χ3v) is 4.36. The van der Waals surface area contributed by atoms with Crippen molar-refractivity contribution in [1.82, 2.24) is 10.4 Å². The van der Waals surface area contributed by atoms with Gasteiger partial charge in [-0.15, -0.1) is 0 Å². The highest BCUT2D eigenvalue weighted by Crippen LogP contribution is 2.41. The van der Waals surface area contributed by atoms with Gasteiger partial charge >= 0.3 is 0 Å². The van der Waals surface area contributed by atoms with E-state index in [1.165, 1.54) is 0 Å². The van der Waals surface area contributed by atoms with Gasteiger partial charge < -0.3 is 0 Å². The molecule has 1 N–H and O–H groups in total. The molecule has 0 spiro atoms. The minimum Gasteiger partial charge on any atom is -0.300 e. The smallest absolute Gasteiger partial charge is 0.155 e. The number of carbonyl (C=O) groups is 2. The summed E-state index contributed by atoms with van der Waals surface area (Å²) in [6, 6.07) is -0.0767. The monoisotopic (exact) mass is 248 g/mol. The fourth-order valence-corrected chi connectivity index (χ4v) is 3.42. The number of nitrogens with zero attached hydrogens (tertiary/aromatic N) is 1. The lowest BCUT2D eigenvalue weighted by atomic mass is 9.84. The molecule has 18 heavy (non-hydrogen) atoms. The maximum absolute atomic E-state index is 12.6. The minimum absolute atomic E-state index is 0.00251. The van der Waals surface area contributed by atoms with Crippen molar-refractivity contribution in [3.63, 3.8) is 0 Å². The molecule has 0 aromatic carbocycles. The van der Waals surface area contributed by atoms with Gasteiger partial charge in [0.2, 0.25) is 0 Å². The summed E-state index contributed by atoms with van der Waals surface area (Å²) in [6.07, 6.45) is 3.24. The first-order valence-corrected chi connectivity index (χ1v) is 6.78. The summed E-state index contributed by atoms with van der Waals surface area (Å²) in [6.45, 7) is 2.48. The number of rotatable bonds is 4. The van der Waals surface area contributed by atoms with Crippen LogP contribution in [-0.2, 0) is 9.59 Å². The normalized spacial score (nSPS) is 37.0. The van der Waals surface area contributed by atoms with E-state index in [1.54, 1.807) is 6.92 Å². The Kier molecular flexibility index (Phi) is 4.23.